The van der Waals surface area contributed by atoms with Gasteiger partial charge in [0.1, 0.15) is 5.75 Å². The summed E-state index contributed by atoms with van der Waals surface area (Å²) in [5.74, 6) is 3.98. The molecule has 2 aliphatic carbocycles. The van der Waals surface area contributed by atoms with Gasteiger partial charge in [0.05, 0.1) is 51.1 Å². The first-order valence-electron chi connectivity index (χ1n) is 17.2. The second-order valence-corrected chi connectivity index (χ2v) is 16.6. The van der Waals surface area contributed by atoms with Crippen molar-refractivity contribution in [2.24, 2.45) is 20.0 Å². The molecule has 2 saturated carbocycles. The Morgan fingerprint density at radius 2 is 1.88 bits per heavy atom. The van der Waals surface area contributed by atoms with Crippen LogP contribution in [0.2, 0.25) is 5.02 Å². The van der Waals surface area contributed by atoms with E-state index in [2.05, 4.69) is 35.1 Å². The van der Waals surface area contributed by atoms with E-state index in [1.807, 2.05) is 59.0 Å². The van der Waals surface area contributed by atoms with Crippen LogP contribution in [-0.4, -0.2) is 47.5 Å². The molecular weight excluding hydrogens is 676 g/mol. The topological polar surface area (TPSA) is 102 Å². The molecule has 0 saturated heterocycles. The van der Waals surface area contributed by atoms with Gasteiger partial charge in [-0.15, -0.1) is 23.5 Å². The summed E-state index contributed by atoms with van der Waals surface area (Å²) in [5, 5.41) is 36.8. The van der Waals surface area contributed by atoms with Gasteiger partial charge in [0, 0.05) is 65.0 Å². The van der Waals surface area contributed by atoms with Gasteiger partial charge < -0.3 is 24.8 Å². The highest BCUT2D eigenvalue weighted by molar-refractivity contribution is 7.98. The van der Waals surface area contributed by atoms with E-state index in [4.69, 9.17) is 26.5 Å². The van der Waals surface area contributed by atoms with Crippen LogP contribution in [0.1, 0.15) is 71.6 Å². The number of nitrogens with one attached hydrogen (secondary N) is 1. The minimum Gasteiger partial charge on any atom is -0.491 e. The maximum Gasteiger partial charge on any atom is 0.194 e. The van der Waals surface area contributed by atoms with Crippen molar-refractivity contribution in [1.82, 2.24) is 24.1 Å². The molecule has 3 N–H and O–H groups in total. The summed E-state index contributed by atoms with van der Waals surface area (Å²) < 4.78 is 12.8. The van der Waals surface area contributed by atoms with Gasteiger partial charge in [0.2, 0.25) is 0 Å². The maximum absolute atomic E-state index is 10.7. The molecule has 0 atom stereocenters. The summed E-state index contributed by atoms with van der Waals surface area (Å²) in [6, 6.07) is 10.7. The first-order chi connectivity index (χ1) is 23.7. The van der Waals surface area contributed by atoms with Gasteiger partial charge in [-0.1, -0.05) is 17.7 Å². The zero-order valence-corrected chi connectivity index (χ0v) is 30.4. The third-order valence-electron chi connectivity index (χ3n) is 11.0. The molecule has 9 nitrogen and oxygen atoms in total. The lowest BCUT2D eigenvalue weighted by molar-refractivity contribution is -0.0481. The van der Waals surface area contributed by atoms with E-state index in [1.54, 1.807) is 0 Å². The van der Waals surface area contributed by atoms with Gasteiger partial charge in [0.25, 0.3) is 0 Å². The number of aromatic nitrogens is 5. The third kappa shape index (κ3) is 5.30. The van der Waals surface area contributed by atoms with Crippen LogP contribution in [0.4, 0.5) is 5.69 Å². The van der Waals surface area contributed by atoms with E-state index in [0.29, 0.717) is 30.2 Å². The smallest absolute Gasteiger partial charge is 0.194 e. The second kappa shape index (κ2) is 12.0. The Hall–Kier alpha value is -3.09. The summed E-state index contributed by atoms with van der Waals surface area (Å²) in [6.45, 7) is 3.52. The number of aryl methyl sites for hydroxylation is 5. The highest BCUT2D eigenvalue weighted by atomic mass is 35.5. The van der Waals surface area contributed by atoms with Crippen LogP contribution in [0.3, 0.4) is 0 Å². The standard InChI is InChI=1S/C37H41ClN6O3S2/c1-20-31-29(44(40-20)37-15-22(37)16-37)19-48-17-23-13-24(43(3)41-23)18-49-25-12-21-6-4-10-39-33(21)30(14-25)47-11-5-7-26-27-8-9-28(38)32(31)34(27)42(2)35(26)36(45)46/h8-9,12-14,22,36,39,45-46H,4-7,10-11,15-19H2,1-3H3. The molecule has 2 fully saturated rings. The Kier molecular flexibility index (Phi) is 7.81. The lowest BCUT2D eigenvalue weighted by Gasteiger charge is -2.22. The SMILES string of the molecule is Cc1nn(C23CC2C3)c2c1-c1c(Cl)ccc3c(c(C(O)O)n(C)c13)CCCOc1cc(cc3c1NCCC3)SCc1cc(nn1C)CSC2. The monoisotopic (exact) mass is 716 g/mol. The third-order valence-corrected chi connectivity index (χ3v) is 13.3. The molecular formula is C37H41ClN6O3S2. The zero-order chi connectivity index (χ0) is 33.6. The maximum atomic E-state index is 10.7. The molecule has 8 bridgehead atoms. The fraction of sp³-hybridized carbons (Fsp3) is 0.459. The zero-order valence-electron chi connectivity index (χ0n) is 28.1. The molecule has 0 radical (unpaired) electrons. The summed E-state index contributed by atoms with van der Waals surface area (Å²) in [6.07, 6.45) is 4.21. The Bertz CT molecular complexity index is 2130. The Labute approximate surface area is 299 Å². The average Bonchev–Trinajstić information content (AvgIpc) is 3.84. The molecule has 256 valence electrons. The number of rotatable bonds is 2. The fourth-order valence-corrected chi connectivity index (χ4v) is 10.4. The van der Waals surface area contributed by atoms with Crippen LogP contribution < -0.4 is 10.1 Å². The molecule has 0 unspecified atom stereocenters. The number of halogens is 1. The van der Waals surface area contributed by atoms with Crippen molar-refractivity contribution in [3.05, 3.63) is 75.0 Å². The van der Waals surface area contributed by atoms with Crippen molar-refractivity contribution in [3.63, 3.8) is 0 Å². The Morgan fingerprint density at radius 1 is 1.04 bits per heavy atom. The van der Waals surface area contributed by atoms with Crippen molar-refractivity contribution in [2.75, 3.05) is 18.5 Å². The number of nitrogens with zero attached hydrogens (tertiary/aromatic N) is 5. The molecule has 3 aromatic heterocycles. The number of fused-ring (bicyclic) bond motifs is 9. The van der Waals surface area contributed by atoms with Gasteiger partial charge in [-0.05, 0) is 86.8 Å². The van der Waals surface area contributed by atoms with Crippen LogP contribution in [0, 0.1) is 12.8 Å². The first-order valence-corrected chi connectivity index (χ1v) is 19.8. The Balaban J connectivity index is 1.17. The number of aliphatic hydroxyl groups excluding tert-OH is 1. The fourth-order valence-electron chi connectivity index (χ4n) is 8.22. The van der Waals surface area contributed by atoms with Crippen LogP contribution in [0.15, 0.2) is 35.2 Å². The van der Waals surface area contributed by atoms with Gasteiger partial charge in [0.15, 0.2) is 6.29 Å². The molecule has 9 rings (SSSR count). The number of hydrogen-bond acceptors (Lipinski definition) is 8. The van der Waals surface area contributed by atoms with Crippen LogP contribution >= 0.6 is 35.1 Å². The lowest BCUT2D eigenvalue weighted by Crippen LogP contribution is -2.14. The molecule has 2 aliphatic heterocycles. The minimum absolute atomic E-state index is 0.151. The van der Waals surface area contributed by atoms with Crippen LogP contribution in [0.5, 0.6) is 5.75 Å². The summed E-state index contributed by atoms with van der Waals surface area (Å²) >= 11 is 10.8. The van der Waals surface area contributed by atoms with Gasteiger partial charge in [-0.2, -0.15) is 10.2 Å². The van der Waals surface area contributed by atoms with E-state index >= 15 is 0 Å². The van der Waals surface area contributed by atoms with Gasteiger partial charge >= 0.3 is 0 Å². The lowest BCUT2D eigenvalue weighted by atomic mass is 9.98. The molecule has 12 heteroatoms. The van der Waals surface area contributed by atoms with Crippen LogP contribution in [0.25, 0.3) is 22.0 Å². The van der Waals surface area contributed by atoms with Crippen molar-refractivity contribution in [3.8, 4) is 16.9 Å². The number of ether oxygens (including phenoxy) is 1. The highest BCUT2D eigenvalue weighted by Crippen LogP contribution is 2.73. The largest absolute Gasteiger partial charge is 0.491 e. The normalized spacial score (nSPS) is 21.8. The predicted octanol–water partition coefficient (Wildman–Crippen LogP) is 7.25. The number of aliphatic hydroxyl groups is 2. The number of hydrogen-bond donors (Lipinski definition) is 3. The van der Waals surface area contributed by atoms with Crippen molar-refractivity contribution in [1.29, 1.82) is 0 Å². The quantitative estimate of drug-likeness (QED) is 0.164. The van der Waals surface area contributed by atoms with Crippen molar-refractivity contribution in [2.45, 2.75) is 79.4 Å². The summed E-state index contributed by atoms with van der Waals surface area (Å²) in [5.41, 5.74) is 11.2. The van der Waals surface area contributed by atoms with E-state index < -0.39 is 6.29 Å². The number of benzene rings is 2. The molecule has 49 heavy (non-hydrogen) atoms. The average molecular weight is 717 g/mol. The predicted molar refractivity (Wildman–Crippen MR) is 197 cm³/mol. The Morgan fingerprint density at radius 3 is 2.67 bits per heavy atom. The molecule has 5 aromatic rings. The molecule has 0 amide bonds. The minimum atomic E-state index is -1.63. The van der Waals surface area contributed by atoms with Crippen LogP contribution in [-0.2, 0) is 49.7 Å². The van der Waals surface area contributed by atoms with Gasteiger partial charge in [-0.25, -0.2) is 0 Å². The molecule has 0 spiro atoms. The van der Waals surface area contributed by atoms with Crippen molar-refractivity contribution < 1.29 is 14.9 Å². The first kappa shape index (κ1) is 31.9. The van der Waals surface area contributed by atoms with E-state index in [1.165, 1.54) is 34.7 Å². The van der Waals surface area contributed by atoms with Gasteiger partial charge in [-0.3, -0.25) is 9.36 Å². The second-order valence-electron chi connectivity index (χ2n) is 14.1. The highest BCUT2D eigenvalue weighted by Gasteiger charge is 2.72. The number of anilines is 1. The molecule has 4 aliphatic rings. The summed E-state index contributed by atoms with van der Waals surface area (Å²) in [4.78, 5) is 1.19. The summed E-state index contributed by atoms with van der Waals surface area (Å²) in [7, 11) is 3.96. The molecule has 5 heterocycles. The van der Waals surface area contributed by atoms with Crippen molar-refractivity contribution >= 4 is 51.7 Å². The van der Waals surface area contributed by atoms with E-state index in [0.717, 1.165) is 93.0 Å². The molecule has 2 aromatic carbocycles. The van der Waals surface area contributed by atoms with E-state index in [-0.39, 0.29) is 5.54 Å². The van der Waals surface area contributed by atoms with E-state index in [9.17, 15) is 10.2 Å². The number of thioether (sulfide) groups is 2.